The van der Waals surface area contributed by atoms with Gasteiger partial charge in [-0.1, -0.05) is 0 Å². The van der Waals surface area contributed by atoms with E-state index >= 15 is 0 Å². The van der Waals surface area contributed by atoms with Crippen LogP contribution in [-0.4, -0.2) is 43.8 Å². The fourth-order valence-corrected chi connectivity index (χ4v) is 3.08. The number of nitrogens with zero attached hydrogens (tertiary/aromatic N) is 3. The maximum absolute atomic E-state index is 15.0. The number of nitrogens with one attached hydrogen (secondary N) is 2. The van der Waals surface area contributed by atoms with E-state index in [1.54, 1.807) is 5.10 Å². The average Bonchev–Trinajstić information content (AvgIpc) is 3.30. The Morgan fingerprint density at radius 1 is 1.19 bits per heavy atom. The molecule has 2 heterocycles. The van der Waals surface area contributed by atoms with Crippen molar-refractivity contribution in [2.45, 2.75) is 32.3 Å². The Balaban J connectivity index is 2.12. The molecule has 1 aromatic carbocycles. The quantitative estimate of drug-likeness (QED) is 0.423. The molecule has 0 saturated carbocycles. The van der Waals surface area contributed by atoms with Gasteiger partial charge in [0.2, 0.25) is 0 Å². The Labute approximate surface area is 197 Å². The van der Waals surface area contributed by atoms with Gasteiger partial charge in [-0.05, 0) is 26.0 Å². The second-order valence-electron chi connectivity index (χ2n) is 7.57. The van der Waals surface area contributed by atoms with Gasteiger partial charge in [-0.2, -0.15) is 31.4 Å². The Morgan fingerprint density at radius 2 is 1.83 bits per heavy atom. The summed E-state index contributed by atoms with van der Waals surface area (Å²) >= 11 is 0. The van der Waals surface area contributed by atoms with Crippen molar-refractivity contribution >= 4 is 17.5 Å². The summed E-state index contributed by atoms with van der Waals surface area (Å²) in [6.07, 6.45) is -11.2. The van der Waals surface area contributed by atoms with Crippen molar-refractivity contribution in [2.75, 3.05) is 5.32 Å². The molecule has 0 saturated heterocycles. The Bertz CT molecular complexity index is 1330. The molecule has 16 heteroatoms. The Morgan fingerprint density at radius 3 is 2.36 bits per heavy atom. The van der Waals surface area contributed by atoms with E-state index in [9.17, 15) is 40.3 Å². The lowest BCUT2D eigenvalue weighted by molar-refractivity contribution is -0.189. The molecule has 0 aliphatic rings. The van der Waals surface area contributed by atoms with Crippen molar-refractivity contribution in [1.82, 2.24) is 19.7 Å². The first-order chi connectivity index (χ1) is 16.5. The third kappa shape index (κ3) is 5.26. The van der Waals surface area contributed by atoms with Gasteiger partial charge in [0.25, 0.3) is 11.8 Å². The molecular weight excluding hydrogens is 505 g/mol. The average molecular weight is 522 g/mol. The second-order valence-corrected chi connectivity index (χ2v) is 7.57. The number of hydrogen-bond donors (Lipinski definition) is 3. The molecule has 36 heavy (non-hydrogen) atoms. The van der Waals surface area contributed by atoms with E-state index in [1.165, 1.54) is 7.05 Å². The third-order valence-corrected chi connectivity index (χ3v) is 4.92. The van der Waals surface area contributed by atoms with Crippen LogP contribution in [0.4, 0.5) is 36.4 Å². The zero-order valence-corrected chi connectivity index (χ0v) is 18.6. The maximum Gasteiger partial charge on any atom is 0.434 e. The number of primary amides is 1. The van der Waals surface area contributed by atoms with Crippen LogP contribution in [0.3, 0.4) is 0 Å². The van der Waals surface area contributed by atoms with Gasteiger partial charge in [-0.15, -0.1) is 0 Å². The Hall–Kier alpha value is -4.11. The highest BCUT2D eigenvalue weighted by Gasteiger charge is 2.40. The monoisotopic (exact) mass is 522 g/mol. The normalized spacial score (nSPS) is 12.9. The zero-order valence-electron chi connectivity index (χ0n) is 18.6. The van der Waals surface area contributed by atoms with Crippen molar-refractivity contribution in [1.29, 1.82) is 0 Å². The number of hydrogen-bond acceptors (Lipinski definition) is 5. The van der Waals surface area contributed by atoms with Gasteiger partial charge in [-0.25, -0.2) is 9.37 Å². The predicted molar refractivity (Wildman–Crippen MR) is 110 cm³/mol. The number of imidazole rings is 1. The largest absolute Gasteiger partial charge is 0.480 e. The van der Waals surface area contributed by atoms with Crippen LogP contribution in [-0.2, 0) is 13.2 Å². The van der Waals surface area contributed by atoms with Gasteiger partial charge in [0.15, 0.2) is 17.6 Å². The van der Waals surface area contributed by atoms with Crippen LogP contribution in [0, 0.1) is 12.7 Å². The number of alkyl halides is 6. The van der Waals surface area contributed by atoms with Gasteiger partial charge >= 0.3 is 12.4 Å². The molecule has 2 aromatic heterocycles. The summed E-state index contributed by atoms with van der Waals surface area (Å²) < 4.78 is 100. The first-order valence-corrected chi connectivity index (χ1v) is 9.84. The van der Waals surface area contributed by atoms with Gasteiger partial charge in [-0.3, -0.25) is 14.7 Å². The minimum Gasteiger partial charge on any atom is -0.480 e. The van der Waals surface area contributed by atoms with E-state index < -0.39 is 64.3 Å². The molecule has 4 N–H and O–H groups in total. The number of rotatable bonds is 6. The summed E-state index contributed by atoms with van der Waals surface area (Å²) in [5.74, 6) is -4.68. The third-order valence-electron chi connectivity index (χ3n) is 4.92. The van der Waals surface area contributed by atoms with Gasteiger partial charge < -0.3 is 20.4 Å². The van der Waals surface area contributed by atoms with Crippen molar-refractivity contribution < 1.29 is 45.1 Å². The number of carbonyl (C=O) groups excluding carboxylic acids is 2. The standard InChI is InChI=1S/C20H17F7N6O3/c1-7-14(15(32-31-7)20(25,26)27)30-18(35)10-4-11(21)9(5-13(10)36-8(2)19(22,23)24)12-6-33(3)17(29-12)16(28)34/h4-6,8H,1-3H3,(H2,28,34)(H,30,35)(H,31,32)/t8-/m0/s1. The highest BCUT2D eigenvalue weighted by Crippen LogP contribution is 2.37. The summed E-state index contributed by atoms with van der Waals surface area (Å²) in [5.41, 5.74) is 1.11. The van der Waals surface area contributed by atoms with Crippen molar-refractivity contribution in [3.05, 3.63) is 46.9 Å². The number of aromatic nitrogens is 4. The topological polar surface area (TPSA) is 128 Å². The van der Waals surface area contributed by atoms with Crippen LogP contribution in [0.15, 0.2) is 18.3 Å². The minimum atomic E-state index is -4.96. The number of H-pyrrole nitrogens is 1. The number of nitrogens with two attached hydrogens (primary N) is 1. The van der Waals surface area contributed by atoms with E-state index in [1.807, 2.05) is 5.32 Å². The number of halogens is 7. The first-order valence-electron chi connectivity index (χ1n) is 9.84. The summed E-state index contributed by atoms with van der Waals surface area (Å²) in [4.78, 5) is 28.1. The molecule has 9 nitrogen and oxygen atoms in total. The molecule has 0 fully saturated rings. The minimum absolute atomic E-state index is 0.231. The van der Waals surface area contributed by atoms with E-state index in [0.29, 0.717) is 19.1 Å². The molecule has 0 radical (unpaired) electrons. The summed E-state index contributed by atoms with van der Waals surface area (Å²) in [5, 5.41) is 6.96. The fourth-order valence-electron chi connectivity index (χ4n) is 3.08. The molecule has 0 bridgehead atoms. The SMILES string of the molecule is Cc1n[nH]c(C(F)(F)F)c1NC(=O)c1cc(F)c(-c2cn(C)c(C(N)=O)n2)cc1O[C@@H](C)C(F)(F)F. The summed E-state index contributed by atoms with van der Waals surface area (Å²) in [6, 6.07) is 1.19. The summed E-state index contributed by atoms with van der Waals surface area (Å²) in [7, 11) is 1.35. The smallest absolute Gasteiger partial charge is 0.434 e. The van der Waals surface area contributed by atoms with Crippen LogP contribution in [0.25, 0.3) is 11.3 Å². The molecule has 194 valence electrons. The van der Waals surface area contributed by atoms with Crippen molar-refractivity contribution in [3.8, 4) is 17.0 Å². The highest BCUT2D eigenvalue weighted by molar-refractivity contribution is 6.07. The van der Waals surface area contributed by atoms with Crippen LogP contribution >= 0.6 is 0 Å². The molecule has 0 unspecified atom stereocenters. The lowest BCUT2D eigenvalue weighted by atomic mass is 10.1. The van der Waals surface area contributed by atoms with E-state index in [-0.39, 0.29) is 17.2 Å². The maximum atomic E-state index is 15.0. The number of anilines is 1. The number of ether oxygens (including phenoxy) is 1. The van der Waals surface area contributed by atoms with Crippen LogP contribution in [0.5, 0.6) is 5.75 Å². The second kappa shape index (κ2) is 9.16. The predicted octanol–water partition coefficient (Wildman–Crippen LogP) is 3.96. The number of amides is 2. The zero-order chi connectivity index (χ0) is 27.2. The lowest BCUT2D eigenvalue weighted by Crippen LogP contribution is -2.32. The first kappa shape index (κ1) is 26.5. The molecule has 2 amide bonds. The molecule has 3 rings (SSSR count). The van der Waals surface area contributed by atoms with E-state index in [2.05, 4.69) is 10.1 Å². The lowest BCUT2D eigenvalue weighted by Gasteiger charge is -2.20. The number of aromatic amines is 1. The molecule has 0 aliphatic carbocycles. The fraction of sp³-hybridized carbons (Fsp3) is 0.300. The van der Waals surface area contributed by atoms with Gasteiger partial charge in [0.05, 0.1) is 22.6 Å². The molecule has 3 aromatic rings. The molecule has 0 aliphatic heterocycles. The molecular formula is C20H17F7N6O3. The number of benzene rings is 1. The van der Waals surface area contributed by atoms with Crippen LogP contribution in [0.1, 0.15) is 39.3 Å². The molecule has 1 atom stereocenters. The van der Waals surface area contributed by atoms with E-state index in [4.69, 9.17) is 10.5 Å². The van der Waals surface area contributed by atoms with E-state index in [0.717, 1.165) is 17.7 Å². The van der Waals surface area contributed by atoms with Gasteiger partial charge in [0, 0.05) is 18.8 Å². The summed E-state index contributed by atoms with van der Waals surface area (Å²) in [6.45, 7) is 1.74. The van der Waals surface area contributed by atoms with Crippen LogP contribution < -0.4 is 15.8 Å². The molecule has 0 spiro atoms. The Kier molecular flexibility index (Phi) is 6.74. The highest BCUT2D eigenvalue weighted by atomic mass is 19.4. The number of carbonyl (C=O) groups is 2. The van der Waals surface area contributed by atoms with Crippen molar-refractivity contribution in [3.63, 3.8) is 0 Å². The van der Waals surface area contributed by atoms with Gasteiger partial charge in [0.1, 0.15) is 11.6 Å². The van der Waals surface area contributed by atoms with Crippen LogP contribution in [0.2, 0.25) is 0 Å². The van der Waals surface area contributed by atoms with Crippen molar-refractivity contribution in [2.24, 2.45) is 12.8 Å². The number of aryl methyl sites for hydroxylation is 2.